The van der Waals surface area contributed by atoms with Crippen LogP contribution in [-0.2, 0) is 9.59 Å². The Morgan fingerprint density at radius 1 is 0.577 bits per heavy atom. The van der Waals surface area contributed by atoms with Crippen molar-refractivity contribution in [3.05, 3.63) is 0 Å². The van der Waals surface area contributed by atoms with Gasteiger partial charge in [0.15, 0.2) is 0 Å². The van der Waals surface area contributed by atoms with Crippen LogP contribution in [0.1, 0.15) is 129 Å². The van der Waals surface area contributed by atoms with E-state index in [0.717, 1.165) is 19.3 Å². The molecule has 156 valence electrons. The number of carboxylic acid groups (broad SMARTS) is 1. The fourth-order valence-corrected chi connectivity index (χ4v) is 2.89. The molecule has 0 bridgehead atoms. The molecule has 0 atom stereocenters. The highest BCUT2D eigenvalue weighted by atomic mass is 16.4. The summed E-state index contributed by atoms with van der Waals surface area (Å²) >= 11 is 0. The monoisotopic (exact) mass is 371 g/mol. The Morgan fingerprint density at radius 2 is 0.923 bits per heavy atom. The minimum atomic E-state index is -0.653. The normalized spacial score (nSPS) is 10.2. The molecule has 0 fully saturated rings. The minimum Gasteiger partial charge on any atom is -0.481 e. The number of aliphatic carboxylic acids is 1. The van der Waals surface area contributed by atoms with Crippen LogP contribution in [-0.4, -0.2) is 17.0 Å². The second-order valence-electron chi connectivity index (χ2n) is 7.31. The highest BCUT2D eigenvalue weighted by molar-refractivity contribution is 5.73. The van der Waals surface area contributed by atoms with Gasteiger partial charge in [0.2, 0.25) is 5.91 Å². The topological polar surface area (TPSA) is 80.4 Å². The largest absolute Gasteiger partial charge is 0.481 e. The van der Waals surface area contributed by atoms with E-state index in [1.165, 1.54) is 83.5 Å². The Morgan fingerprint density at radius 3 is 1.15 bits per heavy atom. The molecule has 0 spiro atoms. The first kappa shape index (κ1) is 27.2. The summed E-state index contributed by atoms with van der Waals surface area (Å²) in [7, 11) is 0. The van der Waals surface area contributed by atoms with Crippen LogP contribution in [0.15, 0.2) is 0 Å². The number of primary amides is 1. The number of hydrogen-bond donors (Lipinski definition) is 2. The fraction of sp³-hybridized carbons (Fsp3) is 0.909. The Hall–Kier alpha value is -1.06. The van der Waals surface area contributed by atoms with Gasteiger partial charge in [-0.2, -0.15) is 0 Å². The number of amides is 1. The number of unbranched alkanes of at least 4 members (excludes halogenated alkanes) is 14. The number of hydrogen-bond acceptors (Lipinski definition) is 2. The molecule has 0 aliphatic rings. The molecule has 0 unspecified atom stereocenters. The summed E-state index contributed by atoms with van der Waals surface area (Å²) in [6.45, 7) is 4.19. The van der Waals surface area contributed by atoms with Crippen LogP contribution in [0.5, 0.6) is 0 Å². The molecule has 0 aliphatic carbocycles. The van der Waals surface area contributed by atoms with E-state index in [1.807, 2.05) is 6.92 Å². The van der Waals surface area contributed by atoms with Gasteiger partial charge in [0.1, 0.15) is 0 Å². The first-order chi connectivity index (χ1) is 12.5. The smallest absolute Gasteiger partial charge is 0.303 e. The quantitative estimate of drug-likeness (QED) is 0.266. The summed E-state index contributed by atoms with van der Waals surface area (Å²) in [6, 6.07) is 0. The number of carboxylic acids is 1. The summed E-state index contributed by atoms with van der Waals surface area (Å²) < 4.78 is 0. The summed E-state index contributed by atoms with van der Waals surface area (Å²) in [5.74, 6) is -0.864. The van der Waals surface area contributed by atoms with E-state index in [1.54, 1.807) is 0 Å². The average molecular weight is 372 g/mol. The van der Waals surface area contributed by atoms with Crippen molar-refractivity contribution in [3.63, 3.8) is 0 Å². The molecule has 0 heterocycles. The molecule has 3 N–H and O–H groups in total. The van der Waals surface area contributed by atoms with Gasteiger partial charge < -0.3 is 10.8 Å². The van der Waals surface area contributed by atoms with Crippen molar-refractivity contribution in [2.75, 3.05) is 0 Å². The second-order valence-corrected chi connectivity index (χ2v) is 7.31. The third-order valence-corrected chi connectivity index (χ3v) is 4.49. The number of carbonyl (C=O) groups is 2. The van der Waals surface area contributed by atoms with Crippen LogP contribution in [0.3, 0.4) is 0 Å². The molecule has 26 heavy (non-hydrogen) atoms. The zero-order chi connectivity index (χ0) is 19.9. The highest BCUT2D eigenvalue weighted by Crippen LogP contribution is 2.13. The van der Waals surface area contributed by atoms with Crippen LogP contribution >= 0.6 is 0 Å². The predicted octanol–water partition coefficient (Wildman–Crippen LogP) is 6.60. The van der Waals surface area contributed by atoms with E-state index in [2.05, 4.69) is 6.92 Å². The van der Waals surface area contributed by atoms with E-state index in [9.17, 15) is 9.59 Å². The number of carbonyl (C=O) groups excluding carboxylic acids is 1. The van der Waals surface area contributed by atoms with Gasteiger partial charge in [0.25, 0.3) is 0 Å². The maximum absolute atomic E-state index is 10.3. The van der Waals surface area contributed by atoms with Crippen LogP contribution in [0.2, 0.25) is 0 Å². The van der Waals surface area contributed by atoms with Crippen LogP contribution in [0.4, 0.5) is 0 Å². The van der Waals surface area contributed by atoms with Gasteiger partial charge in [0.05, 0.1) is 0 Å². The van der Waals surface area contributed by atoms with Crippen LogP contribution in [0.25, 0.3) is 0 Å². The van der Waals surface area contributed by atoms with Crippen LogP contribution in [0, 0.1) is 0 Å². The van der Waals surface area contributed by atoms with E-state index < -0.39 is 5.97 Å². The molecule has 0 radical (unpaired) electrons. The summed E-state index contributed by atoms with van der Waals surface area (Å²) in [4.78, 5) is 20.2. The van der Waals surface area contributed by atoms with Crippen molar-refractivity contribution >= 4 is 11.9 Å². The highest BCUT2D eigenvalue weighted by Gasteiger charge is 1.97. The summed E-state index contributed by atoms with van der Waals surface area (Å²) in [6.07, 6.45) is 21.6. The fourth-order valence-electron chi connectivity index (χ4n) is 2.89. The molecule has 4 nitrogen and oxygen atoms in total. The lowest BCUT2D eigenvalue weighted by atomic mass is 10.0. The second kappa shape index (κ2) is 23.9. The Kier molecular flexibility index (Phi) is 25.0. The first-order valence-electron chi connectivity index (χ1n) is 11.0. The zero-order valence-corrected chi connectivity index (χ0v) is 17.6. The lowest BCUT2D eigenvalue weighted by Crippen LogP contribution is -2.08. The zero-order valence-electron chi connectivity index (χ0n) is 17.6. The number of rotatable bonds is 18. The average Bonchev–Trinajstić information content (AvgIpc) is 2.58. The molecule has 0 aromatic heterocycles. The molecule has 4 heteroatoms. The Labute approximate surface area is 162 Å². The van der Waals surface area contributed by atoms with Crippen molar-refractivity contribution in [3.8, 4) is 0 Å². The first-order valence-corrected chi connectivity index (χ1v) is 11.0. The van der Waals surface area contributed by atoms with Gasteiger partial charge in [-0.25, -0.2) is 0 Å². The summed E-state index contributed by atoms with van der Waals surface area (Å²) in [5.41, 5.74) is 4.76. The standard InChI is InChI=1S/C18H36O2.C4H9NO/c1-2-3-4-5-6-7-8-9-10-11-12-13-14-15-16-17-18(19)20;1-2-3-4(5)6/h2-17H2,1H3,(H,19,20);2-3H2,1H3,(H2,5,6). The van der Waals surface area contributed by atoms with Crippen molar-refractivity contribution in [2.24, 2.45) is 5.73 Å². The van der Waals surface area contributed by atoms with Gasteiger partial charge in [0, 0.05) is 12.8 Å². The Bertz CT molecular complexity index is 306. The molecule has 0 aromatic rings. The van der Waals surface area contributed by atoms with Gasteiger partial charge in [-0.3, -0.25) is 9.59 Å². The molecular formula is C22H45NO3. The van der Waals surface area contributed by atoms with E-state index in [4.69, 9.17) is 10.8 Å². The molecule has 0 rings (SSSR count). The molecule has 0 aromatic carbocycles. The van der Waals surface area contributed by atoms with Gasteiger partial charge in [-0.05, 0) is 12.8 Å². The maximum atomic E-state index is 10.3. The Balaban J connectivity index is 0. The summed E-state index contributed by atoms with van der Waals surface area (Å²) in [5, 5.41) is 8.52. The van der Waals surface area contributed by atoms with Crippen molar-refractivity contribution < 1.29 is 14.7 Å². The lowest BCUT2D eigenvalue weighted by Gasteiger charge is -2.03. The van der Waals surface area contributed by atoms with E-state index >= 15 is 0 Å². The van der Waals surface area contributed by atoms with Gasteiger partial charge in [-0.15, -0.1) is 0 Å². The third-order valence-electron chi connectivity index (χ3n) is 4.49. The lowest BCUT2D eigenvalue weighted by molar-refractivity contribution is -0.137. The minimum absolute atomic E-state index is 0.211. The van der Waals surface area contributed by atoms with Crippen molar-refractivity contribution in [2.45, 2.75) is 129 Å². The van der Waals surface area contributed by atoms with Crippen LogP contribution < -0.4 is 5.73 Å². The van der Waals surface area contributed by atoms with Crippen molar-refractivity contribution in [1.29, 1.82) is 0 Å². The molecule has 0 aliphatic heterocycles. The molecule has 1 amide bonds. The van der Waals surface area contributed by atoms with E-state index in [-0.39, 0.29) is 5.91 Å². The number of nitrogens with two attached hydrogens (primary N) is 1. The molecule has 0 saturated carbocycles. The molecular weight excluding hydrogens is 326 g/mol. The maximum Gasteiger partial charge on any atom is 0.303 e. The third kappa shape index (κ3) is 30.8. The van der Waals surface area contributed by atoms with Gasteiger partial charge in [-0.1, -0.05) is 104 Å². The predicted molar refractivity (Wildman–Crippen MR) is 111 cm³/mol. The molecule has 0 saturated heterocycles. The SMILES string of the molecule is CCCC(N)=O.CCCCCCCCCCCCCCCCCC(=O)O. The van der Waals surface area contributed by atoms with Crippen molar-refractivity contribution in [1.82, 2.24) is 0 Å². The van der Waals surface area contributed by atoms with Gasteiger partial charge >= 0.3 is 5.97 Å². The van der Waals surface area contributed by atoms with E-state index in [0.29, 0.717) is 12.8 Å².